The van der Waals surface area contributed by atoms with Crippen molar-refractivity contribution >= 4 is 22.2 Å². The van der Waals surface area contributed by atoms with E-state index in [1.54, 1.807) is 23.7 Å². The highest BCUT2D eigenvalue weighted by Crippen LogP contribution is 2.34. The first-order chi connectivity index (χ1) is 9.74. The molecule has 1 aliphatic heterocycles. The summed E-state index contributed by atoms with van der Waals surface area (Å²) in [6.07, 6.45) is 5.74. The van der Waals surface area contributed by atoms with Gasteiger partial charge >= 0.3 is 0 Å². The van der Waals surface area contributed by atoms with E-state index in [9.17, 15) is 4.79 Å². The van der Waals surface area contributed by atoms with E-state index in [0.717, 1.165) is 29.8 Å². The molecule has 0 saturated heterocycles. The number of hydrogen-bond donors (Lipinski definition) is 1. The van der Waals surface area contributed by atoms with Crippen LogP contribution in [-0.2, 0) is 13.0 Å². The Hall–Kier alpha value is -1.88. The lowest BCUT2D eigenvalue weighted by Gasteiger charge is -2.23. The van der Waals surface area contributed by atoms with Gasteiger partial charge in [0.25, 0.3) is 5.91 Å². The maximum atomic E-state index is 12.2. The Morgan fingerprint density at radius 3 is 3.20 bits per heavy atom. The minimum absolute atomic E-state index is 0.00153. The molecule has 0 unspecified atom stereocenters. The summed E-state index contributed by atoms with van der Waals surface area (Å²) in [6.45, 7) is 1.59. The van der Waals surface area contributed by atoms with E-state index in [1.807, 2.05) is 18.2 Å². The highest BCUT2D eigenvalue weighted by atomic mass is 32.1. The number of fused-ring (bicyclic) bond motifs is 1. The molecule has 2 aromatic heterocycles. The number of anilines is 1. The molecular weight excluding hydrogens is 270 g/mol. The SMILES string of the molecule is CN1CCCc2cc(C(=O)NCc3cccnc3)sc21. The van der Waals surface area contributed by atoms with Gasteiger partial charge in [-0.1, -0.05) is 6.07 Å². The van der Waals surface area contributed by atoms with Gasteiger partial charge < -0.3 is 10.2 Å². The number of thiophene rings is 1. The molecule has 104 valence electrons. The number of carbonyl (C=O) groups excluding carboxylic acids is 1. The van der Waals surface area contributed by atoms with Crippen molar-refractivity contribution in [1.29, 1.82) is 0 Å². The molecule has 0 radical (unpaired) electrons. The molecule has 0 atom stereocenters. The number of aromatic nitrogens is 1. The summed E-state index contributed by atoms with van der Waals surface area (Å²) in [4.78, 5) is 19.3. The zero-order valence-corrected chi connectivity index (χ0v) is 12.2. The fourth-order valence-electron chi connectivity index (χ4n) is 2.41. The summed E-state index contributed by atoms with van der Waals surface area (Å²) in [5.41, 5.74) is 2.31. The van der Waals surface area contributed by atoms with E-state index in [4.69, 9.17) is 0 Å². The van der Waals surface area contributed by atoms with E-state index in [1.165, 1.54) is 10.6 Å². The fourth-order valence-corrected chi connectivity index (χ4v) is 3.53. The summed E-state index contributed by atoms with van der Waals surface area (Å²) >= 11 is 1.58. The maximum absolute atomic E-state index is 12.2. The summed E-state index contributed by atoms with van der Waals surface area (Å²) in [7, 11) is 2.09. The Morgan fingerprint density at radius 1 is 1.55 bits per heavy atom. The van der Waals surface area contributed by atoms with Crippen LogP contribution in [-0.4, -0.2) is 24.5 Å². The molecule has 0 bridgehead atoms. The molecular formula is C15H17N3OS. The van der Waals surface area contributed by atoms with Gasteiger partial charge in [-0.15, -0.1) is 11.3 Å². The first-order valence-corrected chi connectivity index (χ1v) is 7.56. The molecule has 20 heavy (non-hydrogen) atoms. The maximum Gasteiger partial charge on any atom is 0.261 e. The minimum Gasteiger partial charge on any atom is -0.366 e. The van der Waals surface area contributed by atoms with Crippen molar-refractivity contribution in [2.75, 3.05) is 18.5 Å². The number of amides is 1. The molecule has 3 rings (SSSR count). The highest BCUT2D eigenvalue weighted by Gasteiger charge is 2.20. The number of rotatable bonds is 3. The molecule has 2 aromatic rings. The minimum atomic E-state index is 0.00153. The molecule has 0 aliphatic carbocycles. The van der Waals surface area contributed by atoms with Crippen molar-refractivity contribution in [3.63, 3.8) is 0 Å². The first kappa shape index (κ1) is 13.1. The van der Waals surface area contributed by atoms with Crippen LogP contribution >= 0.6 is 11.3 Å². The van der Waals surface area contributed by atoms with Crippen molar-refractivity contribution in [3.8, 4) is 0 Å². The zero-order chi connectivity index (χ0) is 13.9. The monoisotopic (exact) mass is 287 g/mol. The van der Waals surface area contributed by atoms with Gasteiger partial charge in [-0.25, -0.2) is 0 Å². The Morgan fingerprint density at radius 2 is 2.45 bits per heavy atom. The van der Waals surface area contributed by atoms with Gasteiger partial charge in [0, 0.05) is 32.5 Å². The van der Waals surface area contributed by atoms with Crippen LogP contribution < -0.4 is 10.2 Å². The molecule has 0 saturated carbocycles. The Labute approximate surface area is 122 Å². The third-order valence-corrected chi connectivity index (χ3v) is 4.76. The summed E-state index contributed by atoms with van der Waals surface area (Å²) in [5, 5.41) is 4.19. The van der Waals surface area contributed by atoms with Gasteiger partial charge in [0.1, 0.15) is 0 Å². The van der Waals surface area contributed by atoms with Crippen molar-refractivity contribution < 1.29 is 4.79 Å². The van der Waals surface area contributed by atoms with Gasteiger partial charge in [0.15, 0.2) is 0 Å². The van der Waals surface area contributed by atoms with E-state index < -0.39 is 0 Å². The van der Waals surface area contributed by atoms with Crippen molar-refractivity contribution in [1.82, 2.24) is 10.3 Å². The predicted octanol–water partition coefficient (Wildman–Crippen LogP) is 2.46. The van der Waals surface area contributed by atoms with Gasteiger partial charge in [0.2, 0.25) is 0 Å². The van der Waals surface area contributed by atoms with Crippen LogP contribution in [0.4, 0.5) is 5.00 Å². The average molecular weight is 287 g/mol. The van der Waals surface area contributed by atoms with E-state index in [-0.39, 0.29) is 5.91 Å². The fraction of sp³-hybridized carbons (Fsp3) is 0.333. The summed E-state index contributed by atoms with van der Waals surface area (Å²) in [5.74, 6) is 0.00153. The lowest BCUT2D eigenvalue weighted by Crippen LogP contribution is -2.22. The molecule has 0 aromatic carbocycles. The van der Waals surface area contributed by atoms with Crippen LogP contribution in [0.1, 0.15) is 27.2 Å². The van der Waals surface area contributed by atoms with Crippen LogP contribution in [0.2, 0.25) is 0 Å². The molecule has 3 heterocycles. The second-order valence-corrected chi connectivity index (χ2v) is 6.04. The molecule has 5 heteroatoms. The van der Waals surface area contributed by atoms with Crippen LogP contribution in [0.3, 0.4) is 0 Å². The zero-order valence-electron chi connectivity index (χ0n) is 11.4. The first-order valence-electron chi connectivity index (χ1n) is 6.75. The van der Waals surface area contributed by atoms with Crippen molar-refractivity contribution in [2.45, 2.75) is 19.4 Å². The standard InChI is InChI=1S/C15H17N3OS/c1-18-7-3-5-12-8-13(20-15(12)18)14(19)17-10-11-4-2-6-16-9-11/h2,4,6,8-9H,3,5,7,10H2,1H3,(H,17,19). The third kappa shape index (κ3) is 2.67. The number of hydrogen-bond acceptors (Lipinski definition) is 4. The second kappa shape index (κ2) is 5.63. The van der Waals surface area contributed by atoms with Crippen LogP contribution in [0.15, 0.2) is 30.6 Å². The number of carbonyl (C=O) groups is 1. The van der Waals surface area contributed by atoms with Crippen LogP contribution in [0.25, 0.3) is 0 Å². The van der Waals surface area contributed by atoms with Gasteiger partial charge in [-0.2, -0.15) is 0 Å². The Kier molecular flexibility index (Phi) is 3.69. The van der Waals surface area contributed by atoms with Gasteiger partial charge in [-0.3, -0.25) is 9.78 Å². The number of pyridine rings is 1. The Balaban J connectivity index is 1.69. The third-order valence-electron chi connectivity index (χ3n) is 3.47. The normalized spacial score (nSPS) is 13.9. The highest BCUT2D eigenvalue weighted by molar-refractivity contribution is 7.18. The second-order valence-electron chi connectivity index (χ2n) is 5.01. The number of nitrogens with one attached hydrogen (secondary N) is 1. The van der Waals surface area contributed by atoms with Crippen LogP contribution in [0.5, 0.6) is 0 Å². The van der Waals surface area contributed by atoms with E-state index in [0.29, 0.717) is 6.54 Å². The lowest BCUT2D eigenvalue weighted by molar-refractivity contribution is 0.0955. The van der Waals surface area contributed by atoms with E-state index >= 15 is 0 Å². The van der Waals surface area contributed by atoms with Crippen molar-refractivity contribution in [2.24, 2.45) is 0 Å². The lowest BCUT2D eigenvalue weighted by atomic mass is 10.1. The largest absolute Gasteiger partial charge is 0.366 e. The van der Waals surface area contributed by atoms with Crippen LogP contribution in [0, 0.1) is 0 Å². The van der Waals surface area contributed by atoms with Crippen molar-refractivity contribution in [3.05, 3.63) is 46.6 Å². The molecule has 0 fully saturated rings. The molecule has 1 N–H and O–H groups in total. The average Bonchev–Trinajstić information content (AvgIpc) is 2.91. The molecule has 1 amide bonds. The van der Waals surface area contributed by atoms with Gasteiger partial charge in [0.05, 0.1) is 9.88 Å². The Bertz CT molecular complexity index is 609. The predicted molar refractivity (Wildman–Crippen MR) is 81.3 cm³/mol. The summed E-state index contributed by atoms with van der Waals surface area (Å²) < 4.78 is 0. The number of aryl methyl sites for hydroxylation is 1. The smallest absolute Gasteiger partial charge is 0.261 e. The van der Waals surface area contributed by atoms with Gasteiger partial charge in [-0.05, 0) is 36.1 Å². The van der Waals surface area contributed by atoms with E-state index in [2.05, 4.69) is 22.2 Å². The quantitative estimate of drug-likeness (QED) is 0.943. The molecule has 0 spiro atoms. The molecule has 4 nitrogen and oxygen atoms in total. The summed E-state index contributed by atoms with van der Waals surface area (Å²) in [6, 6.07) is 5.87. The molecule has 1 aliphatic rings. The number of nitrogens with zero attached hydrogens (tertiary/aromatic N) is 2. The topological polar surface area (TPSA) is 45.2 Å².